The van der Waals surface area contributed by atoms with Crippen molar-refractivity contribution >= 4 is 33.8 Å². The van der Waals surface area contributed by atoms with E-state index in [9.17, 15) is 31.6 Å². The van der Waals surface area contributed by atoms with Gasteiger partial charge in [-0.1, -0.05) is 12.1 Å². The van der Waals surface area contributed by atoms with Crippen LogP contribution >= 0.6 is 12.4 Å². The largest absolute Gasteiger partial charge is 0.573 e. The minimum atomic E-state index is -4.76. The van der Waals surface area contributed by atoms with Crippen molar-refractivity contribution in [1.82, 2.24) is 10.4 Å². The Morgan fingerprint density at radius 2 is 1.68 bits per heavy atom. The number of nitrogens with zero attached hydrogens (tertiary/aromatic N) is 1. The van der Waals surface area contributed by atoms with Gasteiger partial charge in [0.1, 0.15) is 5.75 Å². The first kappa shape index (κ1) is 30.6. The minimum Gasteiger partial charge on any atom is -0.406 e. The summed E-state index contributed by atoms with van der Waals surface area (Å²) in [7, 11) is -2.58. The van der Waals surface area contributed by atoms with Crippen molar-refractivity contribution in [3.05, 3.63) is 54.1 Å². The monoisotopic (exact) mass is 567 g/mol. The summed E-state index contributed by atoms with van der Waals surface area (Å²) in [6.07, 6.45) is -4.74. The number of benzene rings is 2. The van der Waals surface area contributed by atoms with Gasteiger partial charge in [0.05, 0.1) is 11.5 Å². The van der Waals surface area contributed by atoms with Gasteiger partial charge < -0.3 is 19.7 Å². The molecule has 2 aromatic rings. The van der Waals surface area contributed by atoms with Crippen molar-refractivity contribution in [3.8, 4) is 5.75 Å². The topological polar surface area (TPSA) is 117 Å². The summed E-state index contributed by atoms with van der Waals surface area (Å²) in [6, 6.07) is 11.2. The summed E-state index contributed by atoms with van der Waals surface area (Å²) in [4.78, 5) is 14.5. The number of halogens is 4. The van der Waals surface area contributed by atoms with E-state index in [1.54, 1.807) is 7.11 Å². The summed E-state index contributed by atoms with van der Waals surface area (Å²) in [5.41, 5.74) is 2.78. The highest BCUT2D eigenvalue weighted by Crippen LogP contribution is 2.36. The lowest BCUT2D eigenvalue weighted by Gasteiger charge is -2.39. The van der Waals surface area contributed by atoms with Gasteiger partial charge in [0.2, 0.25) is 0 Å². The second-order valence-corrected chi connectivity index (χ2v) is 10.6. The molecule has 0 saturated carbocycles. The average Bonchev–Trinajstić information content (AvgIpc) is 2.86. The normalized spacial score (nSPS) is 15.9. The van der Waals surface area contributed by atoms with Gasteiger partial charge in [0, 0.05) is 39.0 Å². The van der Waals surface area contributed by atoms with E-state index in [0.29, 0.717) is 37.5 Å². The average molecular weight is 568 g/mol. The molecule has 0 atom stereocenters. The maximum atomic E-state index is 13.5. The van der Waals surface area contributed by atoms with Crippen molar-refractivity contribution in [2.75, 3.05) is 38.7 Å². The molecule has 2 aromatic carbocycles. The lowest BCUT2D eigenvalue weighted by Crippen LogP contribution is -2.58. The number of carbonyl (C=O) groups is 1. The summed E-state index contributed by atoms with van der Waals surface area (Å²) >= 11 is 0. The number of sulfone groups is 1. The summed E-state index contributed by atoms with van der Waals surface area (Å²) in [5.74, 6) is -1.29. The number of anilines is 1. The van der Waals surface area contributed by atoms with E-state index in [1.165, 1.54) is 54.0 Å². The number of methoxy groups -OCH3 is 1. The predicted octanol–water partition coefficient (Wildman–Crippen LogP) is 3.38. The Kier molecular flexibility index (Phi) is 10.6. The van der Waals surface area contributed by atoms with E-state index in [0.717, 1.165) is 0 Å². The number of ether oxygens (including phenoxy) is 2. The minimum absolute atomic E-state index is 0. The van der Waals surface area contributed by atoms with Gasteiger partial charge in [0.15, 0.2) is 14.6 Å². The summed E-state index contributed by atoms with van der Waals surface area (Å²) in [6.45, 7) is 2.05. The van der Waals surface area contributed by atoms with Crippen LogP contribution < -0.4 is 15.5 Å². The summed E-state index contributed by atoms with van der Waals surface area (Å²) < 4.78 is 71.0. The van der Waals surface area contributed by atoms with E-state index < -0.39 is 26.9 Å². The molecule has 1 aliphatic heterocycles. The Balaban J connectivity index is 0.00000481. The number of hydrogen-bond acceptors (Lipinski definition) is 8. The Morgan fingerprint density at radius 3 is 2.19 bits per heavy atom. The van der Waals surface area contributed by atoms with E-state index in [2.05, 4.69) is 10.1 Å². The molecule has 14 heteroatoms. The second-order valence-electron chi connectivity index (χ2n) is 8.34. The second kappa shape index (κ2) is 12.8. The molecule has 0 aromatic heterocycles. The molecule has 1 amide bonds. The summed E-state index contributed by atoms with van der Waals surface area (Å²) in [5, 5.41) is 12.4. The molecular weight excluding hydrogens is 539 g/mol. The van der Waals surface area contributed by atoms with Crippen LogP contribution in [0.5, 0.6) is 5.75 Å². The van der Waals surface area contributed by atoms with Crippen LogP contribution in [0, 0.1) is 0 Å². The van der Waals surface area contributed by atoms with Gasteiger partial charge in [-0.25, -0.2) is 13.9 Å². The lowest BCUT2D eigenvalue weighted by atomic mass is 9.95. The first-order valence-electron chi connectivity index (χ1n) is 11.1. The number of carbonyl (C=O) groups excluding carboxylic acids is 1. The molecule has 206 valence electrons. The van der Waals surface area contributed by atoms with Crippen LogP contribution in [0.3, 0.4) is 0 Å². The number of piperidine rings is 1. The van der Waals surface area contributed by atoms with Gasteiger partial charge in [0.25, 0.3) is 5.91 Å². The molecule has 0 radical (unpaired) electrons. The number of alkyl halides is 3. The number of hydrogen-bond donors (Lipinski definition) is 3. The Morgan fingerprint density at radius 1 is 1.08 bits per heavy atom. The van der Waals surface area contributed by atoms with Crippen LogP contribution in [0.1, 0.15) is 18.4 Å². The smallest absolute Gasteiger partial charge is 0.406 e. The lowest BCUT2D eigenvalue weighted by molar-refractivity contribution is -0.274. The van der Waals surface area contributed by atoms with Crippen LogP contribution in [-0.2, 0) is 25.9 Å². The fraction of sp³-hybridized carbons (Fsp3) is 0.435. The number of amides is 1. The third-order valence-electron chi connectivity index (χ3n) is 6.12. The van der Waals surface area contributed by atoms with Crippen LogP contribution in [0.4, 0.5) is 18.9 Å². The van der Waals surface area contributed by atoms with Gasteiger partial charge in [-0.15, -0.1) is 25.6 Å². The Hall–Kier alpha value is -2.58. The standard InChI is InChI=1S/C23H28F3N3O6S.ClH/c1-34-15-14-29-12-10-22(11-13-29,21(30)28-31)36(32,33)20-8-4-18(5-9-20)27-16-17-2-6-19(7-3-17)35-23(24,25)26;/h2-9,27,31H,10-16H2,1H3,(H,28,30);1H. The highest BCUT2D eigenvalue weighted by molar-refractivity contribution is 7.93. The predicted molar refractivity (Wildman–Crippen MR) is 132 cm³/mol. The third-order valence-corrected chi connectivity index (χ3v) is 8.64. The maximum absolute atomic E-state index is 13.5. The molecule has 37 heavy (non-hydrogen) atoms. The Bertz CT molecular complexity index is 1120. The number of likely N-dealkylation sites (tertiary alicyclic amines) is 1. The van der Waals surface area contributed by atoms with Gasteiger partial charge in [-0.05, 0) is 54.8 Å². The SMILES string of the molecule is COCCN1CCC(C(=O)NO)(S(=O)(=O)c2ccc(NCc3ccc(OC(F)(F)F)cc3)cc2)CC1.Cl. The zero-order chi connectivity index (χ0) is 26.4. The molecular formula is C23H29ClF3N3O6S. The number of hydroxylamine groups is 1. The number of rotatable bonds is 10. The molecule has 3 rings (SSSR count). The quantitative estimate of drug-likeness (QED) is 0.295. The van der Waals surface area contributed by atoms with Crippen LogP contribution in [0.15, 0.2) is 53.4 Å². The number of nitrogens with one attached hydrogen (secondary N) is 2. The van der Waals surface area contributed by atoms with Crippen LogP contribution in [0.25, 0.3) is 0 Å². The zero-order valence-electron chi connectivity index (χ0n) is 20.0. The Labute approximate surface area is 219 Å². The van der Waals surface area contributed by atoms with E-state index in [4.69, 9.17) is 4.74 Å². The molecule has 1 saturated heterocycles. The molecule has 0 aliphatic carbocycles. The molecule has 1 aliphatic rings. The van der Waals surface area contributed by atoms with Gasteiger partial charge >= 0.3 is 6.36 Å². The van der Waals surface area contributed by atoms with Crippen molar-refractivity contribution in [2.24, 2.45) is 0 Å². The molecule has 1 heterocycles. The molecule has 3 N–H and O–H groups in total. The van der Waals surface area contributed by atoms with E-state index in [1.807, 2.05) is 4.90 Å². The van der Waals surface area contributed by atoms with E-state index >= 15 is 0 Å². The fourth-order valence-corrected chi connectivity index (χ4v) is 6.02. The molecule has 0 spiro atoms. The highest BCUT2D eigenvalue weighted by atomic mass is 35.5. The first-order chi connectivity index (χ1) is 17.0. The zero-order valence-corrected chi connectivity index (χ0v) is 21.6. The maximum Gasteiger partial charge on any atom is 0.573 e. The molecule has 0 unspecified atom stereocenters. The van der Waals surface area contributed by atoms with Gasteiger partial charge in [-0.3, -0.25) is 10.0 Å². The highest BCUT2D eigenvalue weighted by Gasteiger charge is 2.52. The van der Waals surface area contributed by atoms with E-state index in [-0.39, 0.29) is 42.4 Å². The van der Waals surface area contributed by atoms with Crippen molar-refractivity contribution in [3.63, 3.8) is 0 Å². The molecule has 1 fully saturated rings. The van der Waals surface area contributed by atoms with Crippen molar-refractivity contribution in [2.45, 2.75) is 35.4 Å². The van der Waals surface area contributed by atoms with Crippen LogP contribution in [0.2, 0.25) is 0 Å². The molecule has 9 nitrogen and oxygen atoms in total. The van der Waals surface area contributed by atoms with Crippen molar-refractivity contribution < 1.29 is 41.1 Å². The third kappa shape index (κ3) is 7.48. The van der Waals surface area contributed by atoms with Crippen LogP contribution in [-0.4, -0.2) is 68.9 Å². The molecule has 0 bridgehead atoms. The van der Waals surface area contributed by atoms with Crippen molar-refractivity contribution in [1.29, 1.82) is 0 Å². The first-order valence-corrected chi connectivity index (χ1v) is 12.6. The van der Waals surface area contributed by atoms with Gasteiger partial charge in [-0.2, -0.15) is 0 Å². The fourth-order valence-electron chi connectivity index (χ4n) is 4.07.